The zero-order valence-corrected chi connectivity index (χ0v) is 14.0. The van der Waals surface area contributed by atoms with Gasteiger partial charge >= 0.3 is 5.97 Å². The molecule has 23 heavy (non-hydrogen) atoms. The van der Waals surface area contributed by atoms with E-state index in [1.165, 1.54) is 0 Å². The number of ether oxygens (including phenoxy) is 1. The maximum absolute atomic E-state index is 12.5. The van der Waals surface area contributed by atoms with E-state index in [0.717, 1.165) is 30.7 Å². The molecule has 0 aliphatic carbocycles. The SMILES string of the molecule is Cc1nn(C)c(C)c1OCC(=O)N1CCCC[C@H]1CCC(=O)O. The van der Waals surface area contributed by atoms with Crippen molar-refractivity contribution in [2.45, 2.75) is 52.0 Å². The van der Waals surface area contributed by atoms with Crippen molar-refractivity contribution >= 4 is 11.9 Å². The van der Waals surface area contributed by atoms with Crippen LogP contribution in [0.2, 0.25) is 0 Å². The summed E-state index contributed by atoms with van der Waals surface area (Å²) in [7, 11) is 1.84. The fourth-order valence-corrected chi connectivity index (χ4v) is 3.10. The van der Waals surface area contributed by atoms with Crippen molar-refractivity contribution in [2.75, 3.05) is 13.2 Å². The van der Waals surface area contributed by atoms with Crippen LogP contribution in [0.3, 0.4) is 0 Å². The molecule has 0 saturated carbocycles. The first kappa shape index (κ1) is 17.3. The van der Waals surface area contributed by atoms with Crippen LogP contribution in [0, 0.1) is 13.8 Å². The molecule has 1 N–H and O–H groups in total. The summed E-state index contributed by atoms with van der Waals surface area (Å²) < 4.78 is 7.41. The Bertz CT molecular complexity index is 582. The van der Waals surface area contributed by atoms with E-state index >= 15 is 0 Å². The van der Waals surface area contributed by atoms with Crippen molar-refractivity contribution in [2.24, 2.45) is 7.05 Å². The topological polar surface area (TPSA) is 84.7 Å². The number of carbonyl (C=O) groups excluding carboxylic acids is 1. The normalized spacial score (nSPS) is 18.0. The maximum Gasteiger partial charge on any atom is 0.303 e. The minimum atomic E-state index is -0.819. The molecule has 1 aliphatic heterocycles. The molecule has 7 nitrogen and oxygen atoms in total. The van der Waals surface area contributed by atoms with Crippen molar-refractivity contribution < 1.29 is 19.4 Å². The van der Waals surface area contributed by atoms with Gasteiger partial charge in [0.1, 0.15) is 5.69 Å². The van der Waals surface area contributed by atoms with Crippen LogP contribution in [0.15, 0.2) is 0 Å². The van der Waals surface area contributed by atoms with Crippen LogP contribution in [0.4, 0.5) is 0 Å². The number of amides is 1. The van der Waals surface area contributed by atoms with Gasteiger partial charge in [0.05, 0.1) is 5.69 Å². The molecule has 0 bridgehead atoms. The average molecular weight is 323 g/mol. The summed E-state index contributed by atoms with van der Waals surface area (Å²) in [5, 5.41) is 13.1. The van der Waals surface area contributed by atoms with E-state index in [2.05, 4.69) is 5.10 Å². The molecule has 2 heterocycles. The molecule has 1 aliphatic rings. The zero-order valence-electron chi connectivity index (χ0n) is 14.0. The molecular weight excluding hydrogens is 298 g/mol. The van der Waals surface area contributed by atoms with Gasteiger partial charge in [-0.2, -0.15) is 5.10 Å². The van der Waals surface area contributed by atoms with E-state index < -0.39 is 5.97 Å². The van der Waals surface area contributed by atoms with E-state index in [9.17, 15) is 9.59 Å². The maximum atomic E-state index is 12.5. The molecule has 0 unspecified atom stereocenters. The highest BCUT2D eigenvalue weighted by atomic mass is 16.5. The quantitative estimate of drug-likeness (QED) is 0.860. The molecule has 2 rings (SSSR count). The summed E-state index contributed by atoms with van der Waals surface area (Å²) in [5.74, 6) is -0.247. The number of carbonyl (C=O) groups is 2. The van der Waals surface area contributed by atoms with E-state index in [1.54, 1.807) is 9.58 Å². The van der Waals surface area contributed by atoms with Gasteiger partial charge in [-0.05, 0) is 39.5 Å². The number of carboxylic acid groups (broad SMARTS) is 1. The number of rotatable bonds is 6. The highest BCUT2D eigenvalue weighted by Crippen LogP contribution is 2.23. The van der Waals surface area contributed by atoms with Crippen LogP contribution < -0.4 is 4.74 Å². The van der Waals surface area contributed by atoms with Gasteiger partial charge in [0.2, 0.25) is 0 Å². The Labute approximate surface area is 136 Å². The van der Waals surface area contributed by atoms with Crippen LogP contribution in [0.5, 0.6) is 5.75 Å². The Morgan fingerprint density at radius 1 is 1.35 bits per heavy atom. The van der Waals surface area contributed by atoms with Gasteiger partial charge in [-0.15, -0.1) is 0 Å². The van der Waals surface area contributed by atoms with Gasteiger partial charge in [-0.3, -0.25) is 14.3 Å². The van der Waals surface area contributed by atoms with Crippen LogP contribution in [-0.2, 0) is 16.6 Å². The number of aryl methyl sites for hydroxylation is 2. The third-order valence-corrected chi connectivity index (χ3v) is 4.42. The highest BCUT2D eigenvalue weighted by molar-refractivity contribution is 5.78. The highest BCUT2D eigenvalue weighted by Gasteiger charge is 2.27. The van der Waals surface area contributed by atoms with Crippen molar-refractivity contribution in [3.8, 4) is 5.75 Å². The third kappa shape index (κ3) is 4.24. The van der Waals surface area contributed by atoms with E-state index in [4.69, 9.17) is 9.84 Å². The Hall–Kier alpha value is -2.05. The molecule has 128 valence electrons. The first-order valence-corrected chi connectivity index (χ1v) is 8.04. The summed E-state index contributed by atoms with van der Waals surface area (Å²) in [6.07, 6.45) is 3.46. The fraction of sp³-hybridized carbons (Fsp3) is 0.688. The molecule has 0 aromatic carbocycles. The predicted octanol–water partition coefficient (Wildman–Crippen LogP) is 1.66. The Kier molecular flexibility index (Phi) is 5.63. The van der Waals surface area contributed by atoms with Gasteiger partial charge in [-0.25, -0.2) is 0 Å². The Balaban J connectivity index is 1.96. The van der Waals surface area contributed by atoms with E-state index in [1.807, 2.05) is 20.9 Å². The van der Waals surface area contributed by atoms with Gasteiger partial charge < -0.3 is 14.7 Å². The van der Waals surface area contributed by atoms with Gasteiger partial charge in [0.15, 0.2) is 12.4 Å². The molecule has 1 amide bonds. The van der Waals surface area contributed by atoms with Crippen LogP contribution in [-0.4, -0.2) is 50.9 Å². The summed E-state index contributed by atoms with van der Waals surface area (Å²) in [4.78, 5) is 25.0. The van der Waals surface area contributed by atoms with Gasteiger partial charge in [0, 0.05) is 26.1 Å². The van der Waals surface area contributed by atoms with Crippen LogP contribution in [0.25, 0.3) is 0 Å². The zero-order chi connectivity index (χ0) is 17.0. The number of likely N-dealkylation sites (tertiary alicyclic amines) is 1. The van der Waals surface area contributed by atoms with Crippen molar-refractivity contribution in [1.29, 1.82) is 0 Å². The number of carboxylic acids is 1. The number of hydrogen-bond acceptors (Lipinski definition) is 4. The lowest BCUT2D eigenvalue weighted by Gasteiger charge is -2.35. The molecule has 0 radical (unpaired) electrons. The minimum absolute atomic E-state index is 0.00652. The minimum Gasteiger partial charge on any atom is -0.481 e. The second-order valence-electron chi connectivity index (χ2n) is 6.08. The van der Waals surface area contributed by atoms with Gasteiger partial charge in [-0.1, -0.05) is 0 Å². The van der Waals surface area contributed by atoms with E-state index in [0.29, 0.717) is 18.7 Å². The first-order chi connectivity index (χ1) is 10.9. The predicted molar refractivity (Wildman–Crippen MR) is 84.4 cm³/mol. The number of aliphatic carboxylic acids is 1. The number of aromatic nitrogens is 2. The summed E-state index contributed by atoms with van der Waals surface area (Å²) in [6, 6.07) is 0.00652. The fourth-order valence-electron chi connectivity index (χ4n) is 3.10. The second-order valence-corrected chi connectivity index (χ2v) is 6.08. The van der Waals surface area contributed by atoms with E-state index in [-0.39, 0.29) is 25.0 Å². The third-order valence-electron chi connectivity index (χ3n) is 4.42. The number of hydrogen-bond donors (Lipinski definition) is 1. The van der Waals surface area contributed by atoms with Crippen LogP contribution in [0.1, 0.15) is 43.5 Å². The molecular formula is C16H25N3O4. The average Bonchev–Trinajstić information content (AvgIpc) is 2.76. The standard InChI is InChI=1S/C16H25N3O4/c1-11-16(12(2)18(3)17-11)23-10-14(20)19-9-5-4-6-13(19)7-8-15(21)22/h13H,4-10H2,1-3H3,(H,21,22)/t13-/m0/s1. The van der Waals surface area contributed by atoms with Crippen molar-refractivity contribution in [1.82, 2.24) is 14.7 Å². The van der Waals surface area contributed by atoms with Crippen LogP contribution >= 0.6 is 0 Å². The monoisotopic (exact) mass is 323 g/mol. The largest absolute Gasteiger partial charge is 0.481 e. The smallest absolute Gasteiger partial charge is 0.303 e. The summed E-state index contributed by atoms with van der Waals surface area (Å²) in [6.45, 7) is 4.40. The summed E-state index contributed by atoms with van der Waals surface area (Å²) >= 11 is 0. The molecule has 1 atom stereocenters. The number of nitrogens with zero attached hydrogens (tertiary/aromatic N) is 3. The lowest BCUT2D eigenvalue weighted by atomic mass is 9.98. The number of piperidine rings is 1. The molecule has 1 aromatic rings. The summed E-state index contributed by atoms with van der Waals surface area (Å²) in [5.41, 5.74) is 1.65. The Morgan fingerprint density at radius 2 is 2.09 bits per heavy atom. The molecule has 1 aromatic heterocycles. The molecule has 1 fully saturated rings. The first-order valence-electron chi connectivity index (χ1n) is 8.04. The molecule has 0 spiro atoms. The lowest BCUT2D eigenvalue weighted by molar-refractivity contribution is -0.141. The van der Waals surface area contributed by atoms with Crippen molar-refractivity contribution in [3.05, 3.63) is 11.4 Å². The molecule has 7 heteroatoms. The lowest BCUT2D eigenvalue weighted by Crippen LogP contribution is -2.46. The second kappa shape index (κ2) is 7.48. The van der Waals surface area contributed by atoms with Crippen molar-refractivity contribution in [3.63, 3.8) is 0 Å². The molecule has 1 saturated heterocycles. The Morgan fingerprint density at radius 3 is 2.70 bits per heavy atom. The van der Waals surface area contributed by atoms with Gasteiger partial charge in [0.25, 0.3) is 5.91 Å².